The van der Waals surface area contributed by atoms with Crippen LogP contribution in [0, 0.1) is 0 Å². The maximum atomic E-state index is 5.65. The third-order valence-electron chi connectivity index (χ3n) is 2.99. The quantitative estimate of drug-likeness (QED) is 0.448. The Morgan fingerprint density at radius 1 is 0.857 bits per heavy atom. The van der Waals surface area contributed by atoms with Crippen molar-refractivity contribution in [3.63, 3.8) is 0 Å². The highest BCUT2D eigenvalue weighted by atomic mass is 32.1. The molecular formula is C16H26O4S. The van der Waals surface area contributed by atoms with E-state index in [1.54, 1.807) is 7.11 Å². The van der Waals surface area contributed by atoms with Gasteiger partial charge in [0.15, 0.2) is 0 Å². The first kappa shape index (κ1) is 18.5. The van der Waals surface area contributed by atoms with Crippen LogP contribution in [0.15, 0.2) is 30.3 Å². The van der Waals surface area contributed by atoms with Crippen LogP contribution in [0.4, 0.5) is 0 Å². The molecular weight excluding hydrogens is 288 g/mol. The van der Waals surface area contributed by atoms with Crippen molar-refractivity contribution in [3.8, 4) is 0 Å². The Kier molecular flexibility index (Phi) is 11.5. The lowest BCUT2D eigenvalue weighted by molar-refractivity contribution is 0.00240. The molecule has 0 N–H and O–H groups in total. The van der Waals surface area contributed by atoms with Gasteiger partial charge < -0.3 is 18.9 Å². The molecule has 0 amide bonds. The zero-order valence-electron chi connectivity index (χ0n) is 12.7. The largest absolute Gasteiger partial charge is 0.382 e. The van der Waals surface area contributed by atoms with Crippen LogP contribution in [0.2, 0.25) is 0 Å². The van der Waals surface area contributed by atoms with Crippen LogP contribution >= 0.6 is 12.6 Å². The van der Waals surface area contributed by atoms with Gasteiger partial charge in [-0.3, -0.25) is 0 Å². The molecule has 1 atom stereocenters. The Balaban J connectivity index is 1.98. The van der Waals surface area contributed by atoms with Gasteiger partial charge in [0.2, 0.25) is 0 Å². The van der Waals surface area contributed by atoms with Gasteiger partial charge in [-0.2, -0.15) is 12.6 Å². The minimum atomic E-state index is 0.326. The van der Waals surface area contributed by atoms with Crippen molar-refractivity contribution in [2.45, 2.75) is 5.92 Å². The summed E-state index contributed by atoms with van der Waals surface area (Å²) in [7, 11) is 1.66. The first-order valence-electron chi connectivity index (χ1n) is 7.26. The first-order chi connectivity index (χ1) is 10.4. The molecule has 0 radical (unpaired) electrons. The molecule has 0 aliphatic heterocycles. The lowest BCUT2D eigenvalue weighted by atomic mass is 10.0. The van der Waals surface area contributed by atoms with E-state index in [-0.39, 0.29) is 0 Å². The second-order valence-electron chi connectivity index (χ2n) is 4.58. The van der Waals surface area contributed by atoms with Crippen LogP contribution in [0.3, 0.4) is 0 Å². The van der Waals surface area contributed by atoms with E-state index in [0.717, 1.165) is 5.75 Å². The van der Waals surface area contributed by atoms with Crippen LogP contribution in [-0.2, 0) is 18.9 Å². The fourth-order valence-electron chi connectivity index (χ4n) is 1.79. The van der Waals surface area contributed by atoms with Crippen molar-refractivity contribution in [1.82, 2.24) is 0 Å². The van der Waals surface area contributed by atoms with Crippen molar-refractivity contribution in [2.24, 2.45) is 0 Å². The lowest BCUT2D eigenvalue weighted by Gasteiger charge is -2.15. The molecule has 0 heterocycles. The Morgan fingerprint density at radius 3 is 2.00 bits per heavy atom. The second kappa shape index (κ2) is 13.1. The van der Waals surface area contributed by atoms with Gasteiger partial charge in [0, 0.05) is 13.0 Å². The summed E-state index contributed by atoms with van der Waals surface area (Å²) in [5.74, 6) is 1.10. The molecule has 0 saturated heterocycles. The zero-order valence-corrected chi connectivity index (χ0v) is 13.6. The Labute approximate surface area is 133 Å². The molecule has 1 aromatic carbocycles. The third-order valence-corrected chi connectivity index (χ3v) is 3.43. The molecule has 4 nitrogen and oxygen atoms in total. The number of benzene rings is 1. The number of rotatable bonds is 13. The molecule has 0 aliphatic rings. The molecule has 1 unspecified atom stereocenters. The van der Waals surface area contributed by atoms with Crippen molar-refractivity contribution in [1.29, 1.82) is 0 Å². The summed E-state index contributed by atoms with van der Waals surface area (Å²) >= 11 is 4.39. The highest BCUT2D eigenvalue weighted by Gasteiger charge is 2.09. The summed E-state index contributed by atoms with van der Waals surface area (Å²) in [6, 6.07) is 10.3. The van der Waals surface area contributed by atoms with Crippen LogP contribution in [-0.4, -0.2) is 59.1 Å². The molecule has 1 rings (SSSR count). The average Bonchev–Trinajstić information content (AvgIpc) is 2.54. The minimum Gasteiger partial charge on any atom is -0.382 e. The summed E-state index contributed by atoms with van der Waals surface area (Å²) in [6.45, 7) is 4.25. The summed E-state index contributed by atoms with van der Waals surface area (Å²) < 4.78 is 21.2. The number of hydrogen-bond acceptors (Lipinski definition) is 5. The topological polar surface area (TPSA) is 36.9 Å². The standard InChI is InChI=1S/C16H26O4S/c1-17-7-8-18-9-10-19-11-12-20-13-16(14-21)15-5-3-2-4-6-15/h2-6,16,21H,7-14H2,1H3. The summed E-state index contributed by atoms with van der Waals surface area (Å²) in [5.41, 5.74) is 1.26. The van der Waals surface area contributed by atoms with Crippen LogP contribution in [0.1, 0.15) is 11.5 Å². The number of hydrogen-bond donors (Lipinski definition) is 1. The van der Waals surface area contributed by atoms with E-state index in [4.69, 9.17) is 18.9 Å². The van der Waals surface area contributed by atoms with Gasteiger partial charge in [-0.25, -0.2) is 0 Å². The van der Waals surface area contributed by atoms with Crippen LogP contribution < -0.4 is 0 Å². The third kappa shape index (κ3) is 9.11. The van der Waals surface area contributed by atoms with Gasteiger partial charge in [0.05, 0.1) is 46.2 Å². The summed E-state index contributed by atoms with van der Waals surface area (Å²) in [6.07, 6.45) is 0. The molecule has 0 aromatic heterocycles. The highest BCUT2D eigenvalue weighted by Crippen LogP contribution is 2.17. The average molecular weight is 314 g/mol. The fraction of sp³-hybridized carbons (Fsp3) is 0.625. The molecule has 0 fully saturated rings. The zero-order chi connectivity index (χ0) is 15.2. The number of ether oxygens (including phenoxy) is 4. The predicted molar refractivity (Wildman–Crippen MR) is 87.4 cm³/mol. The van der Waals surface area contributed by atoms with Crippen LogP contribution in [0.5, 0.6) is 0 Å². The van der Waals surface area contributed by atoms with E-state index in [1.165, 1.54) is 5.56 Å². The monoisotopic (exact) mass is 314 g/mol. The fourth-order valence-corrected chi connectivity index (χ4v) is 2.10. The van der Waals surface area contributed by atoms with Gasteiger partial charge in [-0.15, -0.1) is 0 Å². The van der Waals surface area contributed by atoms with Crippen molar-refractivity contribution < 1.29 is 18.9 Å². The van der Waals surface area contributed by atoms with E-state index in [1.807, 2.05) is 18.2 Å². The number of thiol groups is 1. The Morgan fingerprint density at radius 2 is 1.43 bits per heavy atom. The molecule has 21 heavy (non-hydrogen) atoms. The number of methoxy groups -OCH3 is 1. The van der Waals surface area contributed by atoms with Gasteiger partial charge in [-0.1, -0.05) is 30.3 Å². The summed E-state index contributed by atoms with van der Waals surface area (Å²) in [4.78, 5) is 0. The molecule has 0 spiro atoms. The van der Waals surface area contributed by atoms with Crippen molar-refractivity contribution >= 4 is 12.6 Å². The smallest absolute Gasteiger partial charge is 0.0701 e. The van der Waals surface area contributed by atoms with Crippen molar-refractivity contribution in [2.75, 3.05) is 59.1 Å². The van der Waals surface area contributed by atoms with Gasteiger partial charge >= 0.3 is 0 Å². The maximum Gasteiger partial charge on any atom is 0.0701 e. The van der Waals surface area contributed by atoms with E-state index in [2.05, 4.69) is 24.8 Å². The Bertz CT molecular complexity index is 334. The maximum absolute atomic E-state index is 5.65. The van der Waals surface area contributed by atoms with Gasteiger partial charge in [-0.05, 0) is 11.3 Å². The molecule has 0 aliphatic carbocycles. The second-order valence-corrected chi connectivity index (χ2v) is 4.95. The highest BCUT2D eigenvalue weighted by molar-refractivity contribution is 7.80. The van der Waals surface area contributed by atoms with Crippen LogP contribution in [0.25, 0.3) is 0 Å². The SMILES string of the molecule is COCCOCCOCCOCC(CS)c1ccccc1. The molecule has 120 valence electrons. The Hall–Kier alpha value is -0.590. The van der Waals surface area contributed by atoms with Gasteiger partial charge in [0.1, 0.15) is 0 Å². The van der Waals surface area contributed by atoms with E-state index in [9.17, 15) is 0 Å². The lowest BCUT2D eigenvalue weighted by Crippen LogP contribution is -2.14. The van der Waals surface area contributed by atoms with E-state index in [0.29, 0.717) is 52.2 Å². The van der Waals surface area contributed by atoms with Crippen molar-refractivity contribution in [3.05, 3.63) is 35.9 Å². The first-order valence-corrected chi connectivity index (χ1v) is 7.89. The molecule has 0 bridgehead atoms. The summed E-state index contributed by atoms with van der Waals surface area (Å²) in [5, 5.41) is 0. The van der Waals surface area contributed by atoms with Gasteiger partial charge in [0.25, 0.3) is 0 Å². The normalized spacial score (nSPS) is 12.5. The minimum absolute atomic E-state index is 0.326. The molecule has 5 heteroatoms. The predicted octanol–water partition coefficient (Wildman–Crippen LogP) is 2.40. The van der Waals surface area contributed by atoms with E-state index < -0.39 is 0 Å². The van der Waals surface area contributed by atoms with E-state index >= 15 is 0 Å². The molecule has 1 aromatic rings. The molecule has 0 saturated carbocycles.